The van der Waals surface area contributed by atoms with Gasteiger partial charge in [0.25, 0.3) is 0 Å². The molecule has 1 saturated heterocycles. The Balaban J connectivity index is 1.77. The number of thiazole rings is 1. The van der Waals surface area contributed by atoms with Crippen molar-refractivity contribution in [1.29, 1.82) is 0 Å². The predicted octanol–water partition coefficient (Wildman–Crippen LogP) is 2.98. The van der Waals surface area contributed by atoms with E-state index in [1.807, 2.05) is 38.1 Å². The van der Waals surface area contributed by atoms with Crippen LogP contribution in [-0.4, -0.2) is 48.3 Å². The molecule has 2 heterocycles. The summed E-state index contributed by atoms with van der Waals surface area (Å²) < 4.78 is 24.6. The molecule has 0 unspecified atom stereocenters. The molecule has 1 atom stereocenters. The molecule has 0 aliphatic carbocycles. The van der Waals surface area contributed by atoms with Crippen molar-refractivity contribution in [3.8, 4) is 0 Å². The number of amides is 1. The third-order valence-electron chi connectivity index (χ3n) is 4.17. The number of carbonyl (C=O) groups excluding carboxylic acids is 1. The highest BCUT2D eigenvalue weighted by molar-refractivity contribution is 7.91. The zero-order valence-electron chi connectivity index (χ0n) is 14.4. The molecule has 1 aliphatic heterocycles. The lowest BCUT2D eigenvalue weighted by Gasteiger charge is -2.28. The van der Waals surface area contributed by atoms with Crippen LogP contribution >= 0.6 is 11.3 Å². The van der Waals surface area contributed by atoms with E-state index in [4.69, 9.17) is 0 Å². The van der Waals surface area contributed by atoms with Crippen molar-refractivity contribution in [2.24, 2.45) is 5.92 Å². The Labute approximate surface area is 152 Å². The molecule has 0 bridgehead atoms. The maximum Gasteiger partial charge on any atom is 0.246 e. The lowest BCUT2D eigenvalue weighted by atomic mass is 10.1. The summed E-state index contributed by atoms with van der Waals surface area (Å²) in [5.74, 6) is 0.375. The molecule has 25 heavy (non-hydrogen) atoms. The highest BCUT2D eigenvalue weighted by Gasteiger charge is 2.34. The molecule has 1 aliphatic rings. The van der Waals surface area contributed by atoms with Gasteiger partial charge in [0.2, 0.25) is 5.91 Å². The van der Waals surface area contributed by atoms with Crippen LogP contribution in [0.15, 0.2) is 30.3 Å². The zero-order chi connectivity index (χ0) is 18.0. The minimum Gasteiger partial charge on any atom is -0.335 e. The quantitative estimate of drug-likeness (QED) is 0.750. The Kier molecular flexibility index (Phi) is 5.24. The number of sulfone groups is 1. The van der Waals surface area contributed by atoms with E-state index < -0.39 is 9.84 Å². The van der Waals surface area contributed by atoms with E-state index in [2.05, 4.69) is 4.98 Å². The maximum absolute atomic E-state index is 12.7. The molecule has 3 rings (SSSR count). The molecule has 1 aromatic heterocycles. The maximum atomic E-state index is 12.7. The van der Waals surface area contributed by atoms with Crippen LogP contribution in [0.1, 0.15) is 25.3 Å². The topological polar surface area (TPSA) is 67.3 Å². The second kappa shape index (κ2) is 7.25. The molecule has 7 heteroatoms. The fraction of sp³-hybridized carbons (Fsp3) is 0.444. The van der Waals surface area contributed by atoms with E-state index in [0.717, 1.165) is 15.2 Å². The van der Waals surface area contributed by atoms with Crippen molar-refractivity contribution in [3.63, 3.8) is 0 Å². The highest BCUT2D eigenvalue weighted by atomic mass is 32.2. The van der Waals surface area contributed by atoms with Crippen LogP contribution in [-0.2, 0) is 14.6 Å². The standard InChI is InChI=1S/C18H22N2O3S2/c1-13(2)11-20(14-9-10-25(22,23)12-14)18(21)8-7-17-19-15-5-3-4-6-16(15)24-17/h3-8,13-14H,9-12H2,1-2H3/b8-7+/t14-/m1/s1. The summed E-state index contributed by atoms with van der Waals surface area (Å²) in [7, 11) is -3.02. The minimum absolute atomic E-state index is 0.0699. The molecule has 2 aromatic rings. The number of hydrogen-bond donors (Lipinski definition) is 0. The molecule has 0 spiro atoms. The number of aromatic nitrogens is 1. The summed E-state index contributed by atoms with van der Waals surface area (Å²) in [6.45, 7) is 4.62. The van der Waals surface area contributed by atoms with E-state index in [1.54, 1.807) is 11.0 Å². The predicted molar refractivity (Wildman–Crippen MR) is 102 cm³/mol. The number of hydrogen-bond acceptors (Lipinski definition) is 5. The van der Waals surface area contributed by atoms with Gasteiger partial charge in [-0.05, 0) is 30.5 Å². The van der Waals surface area contributed by atoms with E-state index >= 15 is 0 Å². The number of carbonyl (C=O) groups is 1. The van der Waals surface area contributed by atoms with Gasteiger partial charge in [-0.3, -0.25) is 4.79 Å². The molecule has 5 nitrogen and oxygen atoms in total. The summed E-state index contributed by atoms with van der Waals surface area (Å²) in [6, 6.07) is 7.62. The number of fused-ring (bicyclic) bond motifs is 1. The van der Waals surface area contributed by atoms with Crippen molar-refractivity contribution in [1.82, 2.24) is 9.88 Å². The number of rotatable bonds is 5. The lowest BCUT2D eigenvalue weighted by molar-refractivity contribution is -0.128. The van der Waals surface area contributed by atoms with Gasteiger partial charge in [0.15, 0.2) is 9.84 Å². The first-order valence-corrected chi connectivity index (χ1v) is 11.0. The van der Waals surface area contributed by atoms with Gasteiger partial charge in [0, 0.05) is 18.7 Å². The van der Waals surface area contributed by atoms with Crippen molar-refractivity contribution < 1.29 is 13.2 Å². The van der Waals surface area contributed by atoms with Gasteiger partial charge in [0.05, 0.1) is 21.7 Å². The molecule has 1 aromatic carbocycles. The molecule has 1 amide bonds. The summed E-state index contributed by atoms with van der Waals surface area (Å²) in [5, 5.41) is 0.776. The van der Waals surface area contributed by atoms with Crippen LogP contribution in [0.2, 0.25) is 0 Å². The third kappa shape index (κ3) is 4.46. The third-order valence-corrected chi connectivity index (χ3v) is 6.93. The summed E-state index contributed by atoms with van der Waals surface area (Å²) in [6.07, 6.45) is 3.77. The molecular formula is C18H22N2O3S2. The Morgan fingerprint density at radius 2 is 2.16 bits per heavy atom. The first-order chi connectivity index (χ1) is 11.8. The Hall–Kier alpha value is -1.73. The van der Waals surface area contributed by atoms with E-state index in [1.165, 1.54) is 17.4 Å². The fourth-order valence-electron chi connectivity index (χ4n) is 3.03. The van der Waals surface area contributed by atoms with E-state index in [-0.39, 0.29) is 29.4 Å². The minimum atomic E-state index is -3.02. The van der Waals surface area contributed by atoms with Gasteiger partial charge < -0.3 is 4.90 Å². The van der Waals surface area contributed by atoms with Crippen LogP contribution in [0.25, 0.3) is 16.3 Å². The monoisotopic (exact) mass is 378 g/mol. The first-order valence-electron chi connectivity index (χ1n) is 8.39. The van der Waals surface area contributed by atoms with E-state index in [0.29, 0.717) is 13.0 Å². The SMILES string of the molecule is CC(C)CN(C(=O)/C=C/c1nc2ccccc2s1)[C@@H]1CCS(=O)(=O)C1. The first kappa shape index (κ1) is 18.1. The largest absolute Gasteiger partial charge is 0.335 e. The van der Waals surface area contributed by atoms with Crippen LogP contribution < -0.4 is 0 Å². The van der Waals surface area contributed by atoms with Crippen LogP contribution in [0.4, 0.5) is 0 Å². The lowest BCUT2D eigenvalue weighted by Crippen LogP contribution is -2.42. The Morgan fingerprint density at radius 3 is 2.80 bits per heavy atom. The number of benzene rings is 1. The van der Waals surface area contributed by atoms with E-state index in [9.17, 15) is 13.2 Å². The number of nitrogens with zero attached hydrogens (tertiary/aromatic N) is 2. The second-order valence-corrected chi connectivity index (χ2v) is 10.1. The molecule has 0 saturated carbocycles. The second-order valence-electron chi connectivity index (χ2n) is 6.79. The molecule has 0 radical (unpaired) electrons. The van der Waals surface area contributed by atoms with Gasteiger partial charge in [-0.2, -0.15) is 0 Å². The average Bonchev–Trinajstić information content (AvgIpc) is 3.12. The summed E-state index contributed by atoms with van der Waals surface area (Å²) >= 11 is 1.53. The Bertz CT molecular complexity index is 867. The smallest absolute Gasteiger partial charge is 0.246 e. The summed E-state index contributed by atoms with van der Waals surface area (Å²) in [5.41, 5.74) is 0.917. The van der Waals surface area contributed by atoms with Crippen LogP contribution in [0.5, 0.6) is 0 Å². The van der Waals surface area contributed by atoms with Crippen LogP contribution in [0.3, 0.4) is 0 Å². The van der Waals surface area contributed by atoms with Gasteiger partial charge in [-0.15, -0.1) is 11.3 Å². The van der Waals surface area contributed by atoms with Crippen molar-refractivity contribution in [2.75, 3.05) is 18.1 Å². The van der Waals surface area contributed by atoms with Gasteiger partial charge in [-0.25, -0.2) is 13.4 Å². The van der Waals surface area contributed by atoms with Crippen molar-refractivity contribution in [3.05, 3.63) is 35.3 Å². The van der Waals surface area contributed by atoms with Crippen molar-refractivity contribution >= 4 is 43.4 Å². The molecule has 1 fully saturated rings. The molecular weight excluding hydrogens is 356 g/mol. The average molecular weight is 379 g/mol. The fourth-order valence-corrected chi connectivity index (χ4v) is 5.63. The molecule has 0 N–H and O–H groups in total. The van der Waals surface area contributed by atoms with Crippen molar-refractivity contribution in [2.45, 2.75) is 26.3 Å². The van der Waals surface area contributed by atoms with Gasteiger partial charge in [-0.1, -0.05) is 26.0 Å². The highest BCUT2D eigenvalue weighted by Crippen LogP contribution is 2.23. The van der Waals surface area contributed by atoms with Gasteiger partial charge in [0.1, 0.15) is 5.01 Å². The normalized spacial score (nSPS) is 19.9. The molecule has 134 valence electrons. The summed E-state index contributed by atoms with van der Waals surface area (Å²) in [4.78, 5) is 18.9. The van der Waals surface area contributed by atoms with Crippen LogP contribution in [0, 0.1) is 5.92 Å². The van der Waals surface area contributed by atoms with Gasteiger partial charge >= 0.3 is 0 Å². The Morgan fingerprint density at radius 1 is 1.40 bits per heavy atom. The number of para-hydroxylation sites is 1. The zero-order valence-corrected chi connectivity index (χ0v) is 16.0.